The Morgan fingerprint density at radius 1 is 0.895 bits per heavy atom. The molecule has 5 N–H and O–H groups in total. The average molecular weight is 556 g/mol. The molecule has 0 aliphatic heterocycles. The van der Waals surface area contributed by atoms with E-state index >= 15 is 0 Å². The van der Waals surface area contributed by atoms with Gasteiger partial charge < -0.3 is 35.1 Å². The summed E-state index contributed by atoms with van der Waals surface area (Å²) in [6.45, 7) is -0.846. The van der Waals surface area contributed by atoms with Crippen molar-refractivity contribution in [2.24, 2.45) is 5.73 Å². The SMILES string of the molecule is N[C@@H](COP(=O)(O)OC[C@H](O)COC(=O)CCc1ccccc1OCCCCOc1ccccc1)C(=O)O. The molecule has 0 amide bonds. The number of carboxylic acids is 1. The number of carbonyl (C=O) groups excluding carboxylic acids is 1. The summed E-state index contributed by atoms with van der Waals surface area (Å²) >= 11 is 0. The van der Waals surface area contributed by atoms with Crippen molar-refractivity contribution in [3.05, 3.63) is 60.2 Å². The van der Waals surface area contributed by atoms with Crippen LogP contribution in [0.4, 0.5) is 0 Å². The molecule has 0 saturated carbocycles. The summed E-state index contributed by atoms with van der Waals surface area (Å²) in [5, 5.41) is 18.5. The molecule has 3 atom stereocenters. The molecule has 2 aromatic carbocycles. The summed E-state index contributed by atoms with van der Waals surface area (Å²) < 4.78 is 37.2. The number of benzene rings is 2. The number of aryl methyl sites for hydroxylation is 1. The Labute approximate surface area is 220 Å². The lowest BCUT2D eigenvalue weighted by Crippen LogP contribution is -2.34. The first kappa shape index (κ1) is 31.2. The Morgan fingerprint density at radius 2 is 1.53 bits per heavy atom. The monoisotopic (exact) mass is 555 g/mol. The Balaban J connectivity index is 1.63. The second kappa shape index (κ2) is 16.8. The molecule has 0 radical (unpaired) electrons. The van der Waals surface area contributed by atoms with Gasteiger partial charge >= 0.3 is 19.8 Å². The van der Waals surface area contributed by atoms with Crippen molar-refractivity contribution in [2.75, 3.05) is 33.0 Å². The Morgan fingerprint density at radius 3 is 2.24 bits per heavy atom. The molecule has 0 fully saturated rings. The van der Waals surface area contributed by atoms with Crippen molar-refractivity contribution in [1.82, 2.24) is 0 Å². The number of ether oxygens (including phenoxy) is 3. The van der Waals surface area contributed by atoms with Gasteiger partial charge in [0.05, 0.1) is 26.4 Å². The van der Waals surface area contributed by atoms with E-state index in [0.717, 1.165) is 24.2 Å². The summed E-state index contributed by atoms with van der Waals surface area (Å²) in [6.07, 6.45) is 0.581. The van der Waals surface area contributed by atoms with Gasteiger partial charge in [-0.2, -0.15) is 0 Å². The lowest BCUT2D eigenvalue weighted by molar-refractivity contribution is -0.147. The first-order valence-corrected chi connectivity index (χ1v) is 13.5. The van der Waals surface area contributed by atoms with Crippen LogP contribution in [-0.4, -0.2) is 72.2 Å². The minimum Gasteiger partial charge on any atom is -0.494 e. The number of phosphoric acid groups is 1. The number of nitrogens with two attached hydrogens (primary N) is 1. The largest absolute Gasteiger partial charge is 0.494 e. The number of hydrogen-bond donors (Lipinski definition) is 4. The zero-order valence-electron chi connectivity index (χ0n) is 20.8. The zero-order chi connectivity index (χ0) is 27.8. The molecule has 210 valence electrons. The maximum atomic E-state index is 12.1. The Hall–Kier alpha value is -2.99. The van der Waals surface area contributed by atoms with E-state index in [9.17, 15) is 24.2 Å². The molecule has 0 saturated heterocycles. The number of para-hydroxylation sites is 2. The van der Waals surface area contributed by atoms with Crippen molar-refractivity contribution in [1.29, 1.82) is 0 Å². The third-order valence-electron chi connectivity index (χ3n) is 4.98. The van der Waals surface area contributed by atoms with Crippen molar-refractivity contribution < 1.29 is 52.5 Å². The van der Waals surface area contributed by atoms with Gasteiger partial charge in [0.15, 0.2) is 0 Å². The lowest BCUT2D eigenvalue weighted by Gasteiger charge is -2.16. The van der Waals surface area contributed by atoms with Crippen LogP contribution in [0.25, 0.3) is 0 Å². The minimum atomic E-state index is -4.64. The van der Waals surface area contributed by atoms with Gasteiger partial charge in [0.2, 0.25) is 0 Å². The van der Waals surface area contributed by atoms with Crippen LogP contribution in [0.5, 0.6) is 11.5 Å². The molecular formula is C25H34NO11P. The van der Waals surface area contributed by atoms with Gasteiger partial charge in [0.1, 0.15) is 30.3 Å². The van der Waals surface area contributed by atoms with E-state index < -0.39 is 51.7 Å². The minimum absolute atomic E-state index is 0.0214. The number of carboxylic acid groups (broad SMARTS) is 1. The van der Waals surface area contributed by atoms with Gasteiger partial charge in [0.25, 0.3) is 0 Å². The second-order valence-corrected chi connectivity index (χ2v) is 9.62. The summed E-state index contributed by atoms with van der Waals surface area (Å²) in [4.78, 5) is 32.2. The molecule has 0 aliphatic rings. The van der Waals surface area contributed by atoms with Crippen LogP contribution in [0.2, 0.25) is 0 Å². The van der Waals surface area contributed by atoms with E-state index in [4.69, 9.17) is 25.1 Å². The molecule has 13 heteroatoms. The maximum Gasteiger partial charge on any atom is 0.472 e. The fourth-order valence-corrected chi connectivity index (χ4v) is 3.74. The molecule has 2 aromatic rings. The van der Waals surface area contributed by atoms with Gasteiger partial charge in [-0.15, -0.1) is 0 Å². The highest BCUT2D eigenvalue weighted by Gasteiger charge is 2.26. The number of hydrogen-bond acceptors (Lipinski definition) is 10. The van der Waals surface area contributed by atoms with Gasteiger partial charge in [-0.3, -0.25) is 18.6 Å². The van der Waals surface area contributed by atoms with E-state index in [1.807, 2.05) is 54.6 Å². The van der Waals surface area contributed by atoms with Crippen LogP contribution in [0.1, 0.15) is 24.8 Å². The molecule has 2 rings (SSSR count). The van der Waals surface area contributed by atoms with Gasteiger partial charge in [-0.25, -0.2) is 4.57 Å². The topological polar surface area (TPSA) is 184 Å². The lowest BCUT2D eigenvalue weighted by atomic mass is 10.1. The molecule has 0 aliphatic carbocycles. The van der Waals surface area contributed by atoms with E-state index in [2.05, 4.69) is 9.05 Å². The third kappa shape index (κ3) is 13.0. The number of carbonyl (C=O) groups is 2. The van der Waals surface area contributed by atoms with Gasteiger partial charge in [-0.05, 0) is 43.0 Å². The number of rotatable bonds is 19. The number of aliphatic hydroxyl groups excluding tert-OH is 1. The molecule has 1 unspecified atom stereocenters. The first-order chi connectivity index (χ1) is 18.2. The predicted octanol–water partition coefficient (Wildman–Crippen LogP) is 2.31. The van der Waals surface area contributed by atoms with Crippen molar-refractivity contribution >= 4 is 19.8 Å². The van der Waals surface area contributed by atoms with Crippen LogP contribution in [0.15, 0.2) is 54.6 Å². The summed E-state index contributed by atoms with van der Waals surface area (Å²) in [5.41, 5.74) is 5.99. The molecule has 0 spiro atoms. The second-order valence-electron chi connectivity index (χ2n) is 8.17. The van der Waals surface area contributed by atoms with E-state index in [-0.39, 0.29) is 6.42 Å². The van der Waals surface area contributed by atoms with E-state index in [1.54, 1.807) is 0 Å². The summed E-state index contributed by atoms with van der Waals surface area (Å²) in [7, 11) is -4.64. The summed E-state index contributed by atoms with van der Waals surface area (Å²) in [5.74, 6) is -0.520. The highest BCUT2D eigenvalue weighted by Crippen LogP contribution is 2.43. The highest BCUT2D eigenvalue weighted by atomic mass is 31.2. The molecule has 38 heavy (non-hydrogen) atoms. The van der Waals surface area contributed by atoms with Crippen LogP contribution >= 0.6 is 7.82 Å². The molecule has 12 nitrogen and oxygen atoms in total. The number of aliphatic hydroxyl groups is 1. The van der Waals surface area contributed by atoms with Gasteiger partial charge in [-0.1, -0.05) is 36.4 Å². The van der Waals surface area contributed by atoms with Crippen molar-refractivity contribution in [3.63, 3.8) is 0 Å². The third-order valence-corrected chi connectivity index (χ3v) is 5.93. The van der Waals surface area contributed by atoms with Crippen LogP contribution in [0, 0.1) is 0 Å². The standard InChI is InChI=1S/C25H34NO11P/c26-22(25(29)30)18-37-38(31,32)36-17-20(27)16-35-24(28)13-12-19-8-4-5-11-23(19)34-15-7-6-14-33-21-9-2-1-3-10-21/h1-5,8-11,20,22,27H,6-7,12-18,26H2,(H,29,30)(H,31,32)/t20-,22+/m1/s1. The van der Waals surface area contributed by atoms with Crippen LogP contribution in [-0.2, 0) is 34.4 Å². The van der Waals surface area contributed by atoms with Crippen molar-refractivity contribution in [3.8, 4) is 11.5 Å². The van der Waals surface area contributed by atoms with E-state index in [0.29, 0.717) is 25.4 Å². The fourth-order valence-electron chi connectivity index (χ4n) is 2.95. The maximum absolute atomic E-state index is 12.1. The molecule has 0 bridgehead atoms. The Bertz CT molecular complexity index is 1040. The Kier molecular flexibility index (Phi) is 13.8. The zero-order valence-corrected chi connectivity index (χ0v) is 21.7. The van der Waals surface area contributed by atoms with E-state index in [1.165, 1.54) is 0 Å². The summed E-state index contributed by atoms with van der Waals surface area (Å²) in [6, 6.07) is 15.4. The average Bonchev–Trinajstić information content (AvgIpc) is 2.91. The number of aliphatic carboxylic acids is 1. The number of esters is 1. The smallest absolute Gasteiger partial charge is 0.472 e. The number of phosphoric ester groups is 1. The highest BCUT2D eigenvalue weighted by molar-refractivity contribution is 7.47. The number of unbranched alkanes of at least 4 members (excludes halogenated alkanes) is 1. The molecule has 0 aromatic heterocycles. The predicted molar refractivity (Wildman–Crippen MR) is 136 cm³/mol. The first-order valence-electron chi connectivity index (χ1n) is 12.0. The fraction of sp³-hybridized carbons (Fsp3) is 0.440. The van der Waals surface area contributed by atoms with Crippen LogP contribution < -0.4 is 15.2 Å². The molecule has 0 heterocycles. The van der Waals surface area contributed by atoms with Crippen molar-refractivity contribution in [2.45, 2.75) is 37.8 Å². The van der Waals surface area contributed by atoms with Crippen LogP contribution in [0.3, 0.4) is 0 Å². The van der Waals surface area contributed by atoms with Gasteiger partial charge in [0, 0.05) is 6.42 Å². The molecular weight excluding hydrogens is 521 g/mol. The quantitative estimate of drug-likeness (QED) is 0.113. The normalized spacial score (nSPS) is 14.2.